The van der Waals surface area contributed by atoms with Crippen LogP contribution >= 0.6 is 0 Å². The van der Waals surface area contributed by atoms with Crippen molar-refractivity contribution in [3.63, 3.8) is 0 Å². The van der Waals surface area contributed by atoms with Crippen molar-refractivity contribution >= 4 is 27.7 Å². The van der Waals surface area contributed by atoms with Crippen LogP contribution in [0.2, 0.25) is 0 Å². The summed E-state index contributed by atoms with van der Waals surface area (Å²) in [5.41, 5.74) is 3.76. The molecule has 0 saturated carbocycles. The quantitative estimate of drug-likeness (QED) is 0.512. The van der Waals surface area contributed by atoms with Gasteiger partial charge in [-0.05, 0) is 49.4 Å². The van der Waals surface area contributed by atoms with Gasteiger partial charge in [0.05, 0.1) is 5.52 Å². The molecule has 0 aliphatic rings. The second kappa shape index (κ2) is 4.81. The van der Waals surface area contributed by atoms with Crippen molar-refractivity contribution in [2.75, 3.05) is 0 Å². The molecule has 3 nitrogen and oxygen atoms in total. The molecule has 106 valence electrons. The highest BCUT2D eigenvalue weighted by Gasteiger charge is 2.13. The molecular weight excluding hydrogens is 272 g/mol. The third-order valence-corrected chi connectivity index (χ3v) is 3.95. The zero-order valence-electron chi connectivity index (χ0n) is 12.2. The number of nitrogens with zero attached hydrogens (tertiary/aromatic N) is 2. The molecule has 0 amide bonds. The number of rotatable bonds is 2. The number of Topliss-reactive ketones (excluding diaryl/α,β-unsaturated/α-hetero) is 1. The second-order valence-corrected chi connectivity index (χ2v) is 5.33. The van der Waals surface area contributed by atoms with Gasteiger partial charge in [-0.1, -0.05) is 18.2 Å². The van der Waals surface area contributed by atoms with Gasteiger partial charge in [0.1, 0.15) is 5.65 Å². The molecule has 2 heterocycles. The van der Waals surface area contributed by atoms with Crippen LogP contribution in [-0.4, -0.2) is 15.3 Å². The van der Waals surface area contributed by atoms with Crippen molar-refractivity contribution in [3.8, 4) is 5.69 Å². The normalized spacial score (nSPS) is 11.1. The van der Waals surface area contributed by atoms with Crippen molar-refractivity contribution in [2.45, 2.75) is 6.92 Å². The fourth-order valence-electron chi connectivity index (χ4n) is 2.90. The Morgan fingerprint density at radius 2 is 1.77 bits per heavy atom. The molecular formula is C19H14N2O. The fraction of sp³-hybridized carbons (Fsp3) is 0.0526. The molecule has 3 heteroatoms. The molecule has 2 aromatic carbocycles. The molecule has 4 rings (SSSR count). The molecule has 0 fully saturated rings. The lowest BCUT2D eigenvalue weighted by molar-refractivity contribution is 0.101. The first-order chi connectivity index (χ1) is 10.8. The summed E-state index contributed by atoms with van der Waals surface area (Å²) in [5.74, 6) is 0.0754. The average molecular weight is 286 g/mol. The van der Waals surface area contributed by atoms with Crippen LogP contribution in [0, 0.1) is 0 Å². The van der Waals surface area contributed by atoms with Crippen LogP contribution < -0.4 is 0 Å². The van der Waals surface area contributed by atoms with Crippen LogP contribution in [0.5, 0.6) is 0 Å². The highest BCUT2D eigenvalue weighted by molar-refractivity contribution is 6.10. The van der Waals surface area contributed by atoms with E-state index >= 15 is 0 Å². The van der Waals surface area contributed by atoms with Crippen LogP contribution in [0.4, 0.5) is 0 Å². The van der Waals surface area contributed by atoms with Crippen LogP contribution in [0.1, 0.15) is 17.3 Å². The lowest BCUT2D eigenvalue weighted by atomic mass is 10.1. The van der Waals surface area contributed by atoms with E-state index in [1.54, 1.807) is 13.1 Å². The van der Waals surface area contributed by atoms with Gasteiger partial charge in [-0.25, -0.2) is 4.98 Å². The smallest absolute Gasteiger partial charge is 0.159 e. The molecule has 0 spiro atoms. The maximum Gasteiger partial charge on any atom is 0.159 e. The number of carbonyl (C=O) groups is 1. The molecule has 0 aliphatic heterocycles. The minimum Gasteiger partial charge on any atom is -0.295 e. The summed E-state index contributed by atoms with van der Waals surface area (Å²) >= 11 is 0. The number of benzene rings is 2. The van der Waals surface area contributed by atoms with Crippen molar-refractivity contribution in [1.29, 1.82) is 0 Å². The Kier molecular flexibility index (Phi) is 2.79. The summed E-state index contributed by atoms with van der Waals surface area (Å²) in [6.45, 7) is 1.59. The maximum atomic E-state index is 11.7. The van der Waals surface area contributed by atoms with Gasteiger partial charge in [0.25, 0.3) is 0 Å². The van der Waals surface area contributed by atoms with E-state index in [9.17, 15) is 4.79 Å². The minimum atomic E-state index is 0.0754. The van der Waals surface area contributed by atoms with Crippen molar-refractivity contribution in [2.24, 2.45) is 0 Å². The average Bonchev–Trinajstić information content (AvgIpc) is 2.89. The molecule has 0 atom stereocenters. The van der Waals surface area contributed by atoms with Gasteiger partial charge >= 0.3 is 0 Å². The van der Waals surface area contributed by atoms with Gasteiger partial charge in [-0.2, -0.15) is 0 Å². The zero-order chi connectivity index (χ0) is 15.1. The number of aromatic nitrogens is 2. The lowest BCUT2D eigenvalue weighted by Gasteiger charge is -2.06. The molecule has 2 aromatic heterocycles. The first kappa shape index (κ1) is 12.8. The van der Waals surface area contributed by atoms with Crippen LogP contribution in [0.3, 0.4) is 0 Å². The highest BCUT2D eigenvalue weighted by atomic mass is 16.1. The van der Waals surface area contributed by atoms with E-state index in [-0.39, 0.29) is 5.78 Å². The fourth-order valence-corrected chi connectivity index (χ4v) is 2.90. The lowest BCUT2D eigenvalue weighted by Crippen LogP contribution is -1.95. The molecule has 0 aliphatic carbocycles. The zero-order valence-corrected chi connectivity index (χ0v) is 12.2. The van der Waals surface area contributed by atoms with E-state index in [2.05, 4.69) is 21.7 Å². The number of pyridine rings is 1. The monoisotopic (exact) mass is 286 g/mol. The Hall–Kier alpha value is -2.94. The van der Waals surface area contributed by atoms with Crippen molar-refractivity contribution in [3.05, 3.63) is 72.4 Å². The topological polar surface area (TPSA) is 34.9 Å². The summed E-state index contributed by atoms with van der Waals surface area (Å²) in [5, 5.41) is 2.11. The molecule has 0 saturated heterocycles. The van der Waals surface area contributed by atoms with Crippen LogP contribution in [0.25, 0.3) is 27.6 Å². The van der Waals surface area contributed by atoms with Gasteiger partial charge in [-0.3, -0.25) is 9.36 Å². The summed E-state index contributed by atoms with van der Waals surface area (Å²) in [7, 11) is 0. The van der Waals surface area contributed by atoms with E-state index in [1.807, 2.05) is 48.5 Å². The Labute approximate surface area is 127 Å². The molecule has 0 bridgehead atoms. The van der Waals surface area contributed by atoms with Gasteiger partial charge in [0.15, 0.2) is 5.78 Å². The van der Waals surface area contributed by atoms with Gasteiger partial charge < -0.3 is 0 Å². The van der Waals surface area contributed by atoms with Crippen LogP contribution in [-0.2, 0) is 0 Å². The molecule has 0 unspecified atom stereocenters. The van der Waals surface area contributed by atoms with Gasteiger partial charge in [-0.15, -0.1) is 0 Å². The Balaban J connectivity index is 2.17. The highest BCUT2D eigenvalue weighted by Crippen LogP contribution is 2.31. The Morgan fingerprint density at radius 3 is 2.55 bits per heavy atom. The van der Waals surface area contributed by atoms with Crippen molar-refractivity contribution < 1.29 is 4.79 Å². The number of ketones is 1. The molecule has 22 heavy (non-hydrogen) atoms. The largest absolute Gasteiger partial charge is 0.295 e. The predicted octanol–water partition coefficient (Wildman–Crippen LogP) is 4.38. The second-order valence-electron chi connectivity index (χ2n) is 5.33. The van der Waals surface area contributed by atoms with Gasteiger partial charge in [0, 0.05) is 28.2 Å². The third kappa shape index (κ3) is 1.83. The number of fused-ring (bicyclic) bond motifs is 3. The summed E-state index contributed by atoms with van der Waals surface area (Å²) in [6, 6.07) is 20.0. The predicted molar refractivity (Wildman–Crippen MR) is 88.6 cm³/mol. The van der Waals surface area contributed by atoms with E-state index in [1.165, 1.54) is 0 Å². The molecule has 0 radical (unpaired) electrons. The first-order valence-electron chi connectivity index (χ1n) is 7.21. The number of hydrogen-bond donors (Lipinski definition) is 0. The van der Waals surface area contributed by atoms with E-state index in [0.29, 0.717) is 0 Å². The third-order valence-electron chi connectivity index (χ3n) is 3.95. The van der Waals surface area contributed by atoms with E-state index in [4.69, 9.17) is 0 Å². The maximum absolute atomic E-state index is 11.7. The number of hydrogen-bond acceptors (Lipinski definition) is 2. The Bertz CT molecular complexity index is 1000. The van der Waals surface area contributed by atoms with Crippen molar-refractivity contribution in [1.82, 2.24) is 9.55 Å². The number of para-hydroxylation sites is 1. The minimum absolute atomic E-state index is 0.0754. The summed E-state index contributed by atoms with van der Waals surface area (Å²) in [6.07, 6.45) is 1.80. The Morgan fingerprint density at radius 1 is 0.955 bits per heavy atom. The van der Waals surface area contributed by atoms with Gasteiger partial charge in [0.2, 0.25) is 0 Å². The van der Waals surface area contributed by atoms with E-state index in [0.717, 1.165) is 33.2 Å². The standard InChI is InChI=1S/C19H14N2O/c1-13(22)14-9-10-18-17(12-14)16-8-5-11-20-19(16)21(18)15-6-3-2-4-7-15/h2-12H,1H3. The van der Waals surface area contributed by atoms with Crippen LogP contribution in [0.15, 0.2) is 66.9 Å². The summed E-state index contributed by atoms with van der Waals surface area (Å²) < 4.78 is 2.13. The molecule has 0 N–H and O–H groups in total. The number of carbonyl (C=O) groups excluding carboxylic acids is 1. The first-order valence-corrected chi connectivity index (χ1v) is 7.21. The molecule has 4 aromatic rings. The summed E-state index contributed by atoms with van der Waals surface area (Å²) in [4.78, 5) is 16.2. The van der Waals surface area contributed by atoms with E-state index < -0.39 is 0 Å². The SMILES string of the molecule is CC(=O)c1ccc2c(c1)c1cccnc1n2-c1ccccc1.